The number of ether oxygens (including phenoxy) is 1. The lowest BCUT2D eigenvalue weighted by Gasteiger charge is -2.08. The highest BCUT2D eigenvalue weighted by Gasteiger charge is 2.09. The van der Waals surface area contributed by atoms with Gasteiger partial charge >= 0.3 is 5.97 Å². The first-order valence-electron chi connectivity index (χ1n) is 6.96. The van der Waals surface area contributed by atoms with Gasteiger partial charge in [-0.25, -0.2) is 4.79 Å². The van der Waals surface area contributed by atoms with Crippen LogP contribution in [0.1, 0.15) is 33.2 Å². The second-order valence-electron chi connectivity index (χ2n) is 4.82. The van der Waals surface area contributed by atoms with Crippen LogP contribution in [0.5, 0.6) is 0 Å². The predicted molar refractivity (Wildman–Crippen MR) is 85.9 cm³/mol. The largest absolute Gasteiger partial charge is 0.462 e. The molecular weight excluding hydrogens is 280 g/mol. The van der Waals surface area contributed by atoms with Gasteiger partial charge in [0.25, 0.3) is 5.91 Å². The van der Waals surface area contributed by atoms with Gasteiger partial charge in [0.15, 0.2) is 0 Å². The van der Waals surface area contributed by atoms with E-state index in [-0.39, 0.29) is 11.9 Å². The summed E-state index contributed by atoms with van der Waals surface area (Å²) >= 11 is 0. The van der Waals surface area contributed by atoms with Crippen LogP contribution < -0.4 is 11.1 Å². The van der Waals surface area contributed by atoms with Crippen molar-refractivity contribution in [3.8, 4) is 0 Å². The highest BCUT2D eigenvalue weighted by molar-refractivity contribution is 6.04. The van der Waals surface area contributed by atoms with Crippen molar-refractivity contribution in [2.45, 2.75) is 13.8 Å². The third-order valence-electron chi connectivity index (χ3n) is 3.19. The Hall–Kier alpha value is -2.82. The molecule has 0 aliphatic carbocycles. The molecule has 0 unspecified atom stereocenters. The van der Waals surface area contributed by atoms with Gasteiger partial charge in [-0.3, -0.25) is 4.79 Å². The maximum Gasteiger partial charge on any atom is 0.338 e. The minimum absolute atomic E-state index is 0.230. The maximum absolute atomic E-state index is 12.2. The summed E-state index contributed by atoms with van der Waals surface area (Å²) in [6.07, 6.45) is 0. The summed E-state index contributed by atoms with van der Waals surface area (Å²) in [5.74, 6) is -0.610. The third kappa shape index (κ3) is 3.63. The van der Waals surface area contributed by atoms with Gasteiger partial charge in [0.2, 0.25) is 0 Å². The van der Waals surface area contributed by atoms with Gasteiger partial charge in [-0.15, -0.1) is 0 Å². The standard InChI is InChI=1S/C17H18N2O3/c1-3-22-17(21)12-4-7-14(8-5-12)19-16(20)13-6-9-15(18)11(2)10-13/h4-10H,3,18H2,1-2H3,(H,19,20). The number of nitrogen functional groups attached to an aromatic ring is 1. The number of esters is 1. The van der Waals surface area contributed by atoms with Gasteiger partial charge in [0, 0.05) is 16.9 Å². The number of hydrogen-bond acceptors (Lipinski definition) is 4. The van der Waals surface area contributed by atoms with Crippen LogP contribution in [0.3, 0.4) is 0 Å². The molecule has 0 saturated carbocycles. The number of aryl methyl sites for hydroxylation is 1. The fraction of sp³-hybridized carbons (Fsp3) is 0.176. The smallest absolute Gasteiger partial charge is 0.338 e. The summed E-state index contributed by atoms with van der Waals surface area (Å²) in [4.78, 5) is 23.7. The number of nitrogens with one attached hydrogen (secondary N) is 1. The highest BCUT2D eigenvalue weighted by atomic mass is 16.5. The highest BCUT2D eigenvalue weighted by Crippen LogP contribution is 2.15. The average molecular weight is 298 g/mol. The Morgan fingerprint density at radius 2 is 1.73 bits per heavy atom. The molecule has 0 atom stereocenters. The molecule has 0 aromatic heterocycles. The molecule has 3 N–H and O–H groups in total. The normalized spacial score (nSPS) is 10.1. The number of hydrogen-bond donors (Lipinski definition) is 2. The van der Waals surface area contributed by atoms with Crippen molar-refractivity contribution >= 4 is 23.3 Å². The molecule has 2 aromatic rings. The number of benzene rings is 2. The summed E-state index contributed by atoms with van der Waals surface area (Å²) in [5.41, 5.74) is 8.82. The molecule has 0 saturated heterocycles. The van der Waals surface area contributed by atoms with Crippen LogP contribution in [0.25, 0.3) is 0 Å². The summed E-state index contributed by atoms with van der Waals surface area (Å²) in [6.45, 7) is 3.93. The second kappa shape index (κ2) is 6.76. The molecule has 114 valence electrons. The molecule has 0 bridgehead atoms. The lowest BCUT2D eigenvalue weighted by molar-refractivity contribution is 0.0526. The van der Waals surface area contributed by atoms with Gasteiger partial charge in [-0.2, -0.15) is 0 Å². The molecule has 2 rings (SSSR count). The fourth-order valence-corrected chi connectivity index (χ4v) is 1.92. The number of rotatable bonds is 4. The number of anilines is 2. The number of nitrogens with two attached hydrogens (primary N) is 1. The molecule has 0 fully saturated rings. The molecule has 0 radical (unpaired) electrons. The Morgan fingerprint density at radius 3 is 2.32 bits per heavy atom. The number of carbonyl (C=O) groups is 2. The van der Waals surface area contributed by atoms with Crippen molar-refractivity contribution in [1.29, 1.82) is 0 Å². The van der Waals surface area contributed by atoms with E-state index >= 15 is 0 Å². The topological polar surface area (TPSA) is 81.4 Å². The van der Waals surface area contributed by atoms with E-state index in [0.717, 1.165) is 5.56 Å². The number of amides is 1. The van der Waals surface area contributed by atoms with E-state index in [2.05, 4.69) is 5.32 Å². The monoisotopic (exact) mass is 298 g/mol. The van der Waals surface area contributed by atoms with Crippen LogP contribution in [0.4, 0.5) is 11.4 Å². The summed E-state index contributed by atoms with van der Waals surface area (Å²) in [6, 6.07) is 11.7. The van der Waals surface area contributed by atoms with E-state index in [4.69, 9.17) is 10.5 Å². The Kier molecular flexibility index (Phi) is 4.78. The Bertz CT molecular complexity index is 694. The Balaban J connectivity index is 2.08. The van der Waals surface area contributed by atoms with Gasteiger partial charge in [-0.05, 0) is 61.9 Å². The molecule has 22 heavy (non-hydrogen) atoms. The zero-order valence-corrected chi connectivity index (χ0v) is 12.6. The zero-order valence-electron chi connectivity index (χ0n) is 12.6. The van der Waals surface area contributed by atoms with E-state index in [1.807, 2.05) is 6.92 Å². The molecule has 1 amide bonds. The van der Waals surface area contributed by atoms with Gasteiger partial charge in [-0.1, -0.05) is 0 Å². The minimum atomic E-state index is -0.380. The van der Waals surface area contributed by atoms with Crippen LogP contribution in [-0.2, 0) is 4.74 Å². The molecular formula is C17H18N2O3. The summed E-state index contributed by atoms with van der Waals surface area (Å²) in [7, 11) is 0. The van der Waals surface area contributed by atoms with Crippen LogP contribution in [0, 0.1) is 6.92 Å². The number of carbonyl (C=O) groups excluding carboxylic acids is 2. The average Bonchev–Trinajstić information content (AvgIpc) is 2.51. The second-order valence-corrected chi connectivity index (χ2v) is 4.82. The van der Waals surface area contributed by atoms with Crippen molar-refractivity contribution in [3.05, 3.63) is 59.2 Å². The van der Waals surface area contributed by atoms with E-state index < -0.39 is 0 Å². The Morgan fingerprint density at radius 1 is 1.09 bits per heavy atom. The fourth-order valence-electron chi connectivity index (χ4n) is 1.92. The van der Waals surface area contributed by atoms with E-state index in [1.165, 1.54) is 0 Å². The van der Waals surface area contributed by atoms with E-state index in [0.29, 0.717) is 29.1 Å². The predicted octanol–water partition coefficient (Wildman–Crippen LogP) is 3.01. The first-order valence-corrected chi connectivity index (χ1v) is 6.96. The first-order chi connectivity index (χ1) is 10.5. The SMILES string of the molecule is CCOC(=O)c1ccc(NC(=O)c2ccc(N)c(C)c2)cc1. The van der Waals surface area contributed by atoms with Crippen LogP contribution >= 0.6 is 0 Å². The quantitative estimate of drug-likeness (QED) is 0.671. The lowest BCUT2D eigenvalue weighted by atomic mass is 10.1. The van der Waals surface area contributed by atoms with E-state index in [9.17, 15) is 9.59 Å². The first kappa shape index (κ1) is 15.6. The van der Waals surface area contributed by atoms with Gasteiger partial charge in [0.1, 0.15) is 0 Å². The Labute approximate surface area is 129 Å². The molecule has 0 aliphatic rings. The molecule has 2 aromatic carbocycles. The third-order valence-corrected chi connectivity index (χ3v) is 3.19. The molecule has 0 spiro atoms. The van der Waals surface area contributed by atoms with Crippen LogP contribution in [0.2, 0.25) is 0 Å². The minimum Gasteiger partial charge on any atom is -0.462 e. The van der Waals surface area contributed by atoms with Gasteiger partial charge < -0.3 is 15.8 Å². The van der Waals surface area contributed by atoms with E-state index in [1.54, 1.807) is 49.4 Å². The molecule has 0 heterocycles. The van der Waals surface area contributed by atoms with Crippen LogP contribution in [-0.4, -0.2) is 18.5 Å². The summed E-state index contributed by atoms with van der Waals surface area (Å²) < 4.78 is 4.90. The maximum atomic E-state index is 12.2. The van der Waals surface area contributed by atoms with Crippen molar-refractivity contribution in [1.82, 2.24) is 0 Å². The summed E-state index contributed by atoms with van der Waals surface area (Å²) in [5, 5.41) is 2.77. The van der Waals surface area contributed by atoms with Gasteiger partial charge in [0.05, 0.1) is 12.2 Å². The molecule has 0 aliphatic heterocycles. The van der Waals surface area contributed by atoms with Crippen molar-refractivity contribution in [3.63, 3.8) is 0 Å². The lowest BCUT2D eigenvalue weighted by Crippen LogP contribution is -2.12. The van der Waals surface area contributed by atoms with Crippen molar-refractivity contribution < 1.29 is 14.3 Å². The zero-order chi connectivity index (χ0) is 16.1. The molecule has 5 heteroatoms. The van der Waals surface area contributed by atoms with Crippen LogP contribution in [0.15, 0.2) is 42.5 Å². The van der Waals surface area contributed by atoms with Crippen molar-refractivity contribution in [2.75, 3.05) is 17.7 Å². The van der Waals surface area contributed by atoms with Crippen molar-refractivity contribution in [2.24, 2.45) is 0 Å². The molecule has 5 nitrogen and oxygen atoms in total.